The highest BCUT2D eigenvalue weighted by atomic mass is 32.1. The molecule has 2 rings (SSSR count). The van der Waals surface area contributed by atoms with Crippen LogP contribution in [0.15, 0.2) is 24.3 Å². The Morgan fingerprint density at radius 3 is 2.93 bits per heavy atom. The van der Waals surface area contributed by atoms with Crippen molar-refractivity contribution < 1.29 is 9.90 Å². The lowest BCUT2D eigenvalue weighted by molar-refractivity contribution is -0.141. The lowest BCUT2D eigenvalue weighted by Gasteiger charge is -2.28. The maximum Gasteiger partial charge on any atom is 0.322 e. The number of H-pyrrole nitrogens is 1. The molecule has 0 amide bonds. The number of carboxylic acids is 1. The summed E-state index contributed by atoms with van der Waals surface area (Å²) in [5.74, 6) is -0.864. The van der Waals surface area contributed by atoms with Gasteiger partial charge in [-0.3, -0.25) is 4.79 Å². The van der Waals surface area contributed by atoms with E-state index in [2.05, 4.69) is 33.3 Å². The van der Waals surface area contributed by atoms with Crippen molar-refractivity contribution in [1.29, 1.82) is 0 Å². The van der Waals surface area contributed by atoms with Crippen molar-refractivity contribution in [3.63, 3.8) is 0 Å². The number of allylic oxidation sites excluding steroid dienone is 2. The first-order chi connectivity index (χ1) is 7.18. The van der Waals surface area contributed by atoms with Gasteiger partial charge in [0, 0.05) is 5.25 Å². The SMILES string of the molecule is O=C(O)C1(c2nnn[nH]2)C=CC=CC1S. The molecule has 6 nitrogen and oxygen atoms in total. The number of carboxylic acid groups (broad SMARTS) is 1. The number of thiol groups is 1. The van der Waals surface area contributed by atoms with Gasteiger partial charge in [-0.25, -0.2) is 5.10 Å². The zero-order valence-electron chi connectivity index (χ0n) is 7.53. The second-order valence-corrected chi connectivity index (χ2v) is 3.67. The summed E-state index contributed by atoms with van der Waals surface area (Å²) in [6.07, 6.45) is 6.58. The number of aliphatic carboxylic acids is 1. The van der Waals surface area contributed by atoms with Gasteiger partial charge in [0.15, 0.2) is 11.2 Å². The fourth-order valence-corrected chi connectivity index (χ4v) is 1.90. The molecule has 0 spiro atoms. The van der Waals surface area contributed by atoms with Crippen LogP contribution < -0.4 is 0 Å². The summed E-state index contributed by atoms with van der Waals surface area (Å²) < 4.78 is 0. The highest BCUT2D eigenvalue weighted by Crippen LogP contribution is 2.33. The van der Waals surface area contributed by atoms with Crippen molar-refractivity contribution in [2.24, 2.45) is 0 Å². The van der Waals surface area contributed by atoms with E-state index in [1.165, 1.54) is 6.08 Å². The third-order valence-electron chi connectivity index (χ3n) is 2.32. The molecule has 0 bridgehead atoms. The molecule has 1 aliphatic rings. The Labute approximate surface area is 90.5 Å². The summed E-state index contributed by atoms with van der Waals surface area (Å²) in [6.45, 7) is 0. The lowest BCUT2D eigenvalue weighted by Crippen LogP contribution is -2.43. The van der Waals surface area contributed by atoms with Crippen molar-refractivity contribution in [3.8, 4) is 0 Å². The lowest BCUT2D eigenvalue weighted by atomic mass is 9.80. The molecule has 0 radical (unpaired) electrons. The van der Waals surface area contributed by atoms with Crippen LogP contribution in [0.4, 0.5) is 0 Å². The molecule has 78 valence electrons. The highest BCUT2D eigenvalue weighted by Gasteiger charge is 2.47. The van der Waals surface area contributed by atoms with Gasteiger partial charge in [-0.2, -0.15) is 12.6 Å². The molecule has 0 saturated heterocycles. The van der Waals surface area contributed by atoms with Crippen LogP contribution in [-0.4, -0.2) is 36.9 Å². The summed E-state index contributed by atoms with van der Waals surface area (Å²) in [6, 6.07) is 0. The van der Waals surface area contributed by atoms with E-state index < -0.39 is 16.6 Å². The fraction of sp³-hybridized carbons (Fsp3) is 0.250. The summed E-state index contributed by atoms with van der Waals surface area (Å²) in [7, 11) is 0. The van der Waals surface area contributed by atoms with Crippen LogP contribution in [0.1, 0.15) is 5.82 Å². The van der Waals surface area contributed by atoms with Crippen molar-refractivity contribution in [1.82, 2.24) is 20.6 Å². The van der Waals surface area contributed by atoms with Gasteiger partial charge in [0.1, 0.15) is 0 Å². The van der Waals surface area contributed by atoms with Crippen molar-refractivity contribution in [3.05, 3.63) is 30.1 Å². The van der Waals surface area contributed by atoms with Gasteiger partial charge in [0.2, 0.25) is 0 Å². The van der Waals surface area contributed by atoms with E-state index in [1.807, 2.05) is 0 Å². The van der Waals surface area contributed by atoms with Crippen LogP contribution in [0.3, 0.4) is 0 Å². The van der Waals surface area contributed by atoms with Gasteiger partial charge in [0.25, 0.3) is 0 Å². The largest absolute Gasteiger partial charge is 0.480 e. The summed E-state index contributed by atoms with van der Waals surface area (Å²) in [5.41, 5.74) is -1.32. The number of nitrogens with one attached hydrogen (secondary N) is 1. The van der Waals surface area contributed by atoms with E-state index in [0.717, 1.165) is 0 Å². The van der Waals surface area contributed by atoms with Gasteiger partial charge in [-0.1, -0.05) is 24.3 Å². The highest BCUT2D eigenvalue weighted by molar-refractivity contribution is 7.81. The summed E-state index contributed by atoms with van der Waals surface area (Å²) in [5, 5.41) is 21.7. The number of tetrazole rings is 1. The second kappa shape index (κ2) is 3.50. The molecule has 1 aromatic heterocycles. The molecule has 1 aliphatic carbocycles. The average Bonchev–Trinajstić information content (AvgIpc) is 2.71. The molecule has 2 N–H and O–H groups in total. The van der Waals surface area contributed by atoms with E-state index in [4.69, 9.17) is 0 Å². The number of hydrogen-bond acceptors (Lipinski definition) is 5. The van der Waals surface area contributed by atoms with Gasteiger partial charge in [0.05, 0.1) is 0 Å². The Morgan fingerprint density at radius 2 is 2.40 bits per heavy atom. The number of rotatable bonds is 2. The molecular formula is C8H8N4O2S. The molecule has 0 aliphatic heterocycles. The quantitative estimate of drug-likeness (QED) is 0.612. The van der Waals surface area contributed by atoms with E-state index >= 15 is 0 Å². The van der Waals surface area contributed by atoms with Gasteiger partial charge in [-0.05, 0) is 10.4 Å². The fourth-order valence-electron chi connectivity index (χ4n) is 1.48. The molecule has 0 aromatic carbocycles. The van der Waals surface area contributed by atoms with E-state index in [1.54, 1.807) is 18.2 Å². The number of aromatic amines is 1. The molecule has 7 heteroatoms. The molecule has 0 fully saturated rings. The molecular weight excluding hydrogens is 216 g/mol. The first-order valence-electron chi connectivity index (χ1n) is 4.19. The van der Waals surface area contributed by atoms with E-state index in [0.29, 0.717) is 0 Å². The normalized spacial score (nSPS) is 29.3. The van der Waals surface area contributed by atoms with Gasteiger partial charge >= 0.3 is 5.97 Å². The molecule has 1 aromatic rings. The van der Waals surface area contributed by atoms with E-state index in [-0.39, 0.29) is 5.82 Å². The van der Waals surface area contributed by atoms with Crippen molar-refractivity contribution in [2.75, 3.05) is 0 Å². The average molecular weight is 224 g/mol. The number of hydrogen-bond donors (Lipinski definition) is 3. The Morgan fingerprint density at radius 1 is 1.60 bits per heavy atom. The van der Waals surface area contributed by atoms with Crippen molar-refractivity contribution >= 4 is 18.6 Å². The van der Waals surface area contributed by atoms with E-state index in [9.17, 15) is 9.90 Å². The van der Waals surface area contributed by atoms with Crippen LogP contribution in [-0.2, 0) is 10.2 Å². The summed E-state index contributed by atoms with van der Waals surface area (Å²) in [4.78, 5) is 11.3. The zero-order valence-corrected chi connectivity index (χ0v) is 8.43. The number of carbonyl (C=O) groups is 1. The predicted octanol–water partition coefficient (Wildman–Crippen LogP) is -0.0535. The van der Waals surface area contributed by atoms with Gasteiger partial charge < -0.3 is 5.11 Å². The van der Waals surface area contributed by atoms with Crippen LogP contribution in [0.5, 0.6) is 0 Å². The topological polar surface area (TPSA) is 91.8 Å². The third-order valence-corrected chi connectivity index (χ3v) is 2.90. The van der Waals surface area contributed by atoms with Crippen LogP contribution in [0.2, 0.25) is 0 Å². The zero-order chi connectivity index (χ0) is 10.9. The Bertz CT molecular complexity index is 428. The predicted molar refractivity (Wildman–Crippen MR) is 54.5 cm³/mol. The summed E-state index contributed by atoms with van der Waals surface area (Å²) >= 11 is 4.23. The third kappa shape index (κ3) is 1.35. The van der Waals surface area contributed by atoms with Crippen LogP contribution >= 0.6 is 12.6 Å². The minimum absolute atomic E-state index is 0.176. The number of nitrogens with zero attached hydrogens (tertiary/aromatic N) is 3. The molecule has 2 unspecified atom stereocenters. The minimum Gasteiger partial charge on any atom is -0.480 e. The minimum atomic E-state index is -1.32. The maximum absolute atomic E-state index is 11.3. The first-order valence-corrected chi connectivity index (χ1v) is 4.71. The Kier molecular flexibility index (Phi) is 2.31. The Balaban J connectivity index is 2.55. The van der Waals surface area contributed by atoms with Crippen LogP contribution in [0, 0.1) is 0 Å². The number of aromatic nitrogens is 4. The Hall–Kier alpha value is -1.63. The molecule has 15 heavy (non-hydrogen) atoms. The molecule has 1 heterocycles. The smallest absolute Gasteiger partial charge is 0.322 e. The molecule has 2 atom stereocenters. The second-order valence-electron chi connectivity index (χ2n) is 3.11. The molecule has 0 saturated carbocycles. The van der Waals surface area contributed by atoms with Gasteiger partial charge in [-0.15, -0.1) is 5.10 Å². The standard InChI is InChI=1S/C8H8N4O2S/c13-7(14)8(6-9-11-12-10-6)4-2-1-3-5(8)15/h1-5,15H,(H,13,14)(H,9,10,11,12). The first kappa shape index (κ1) is 9.91. The monoisotopic (exact) mass is 224 g/mol. The maximum atomic E-state index is 11.3. The van der Waals surface area contributed by atoms with Crippen LogP contribution in [0.25, 0.3) is 0 Å². The van der Waals surface area contributed by atoms with Crippen molar-refractivity contribution in [2.45, 2.75) is 10.7 Å².